The second-order valence-electron chi connectivity index (χ2n) is 7.97. The van der Waals surface area contributed by atoms with Crippen molar-refractivity contribution in [1.82, 2.24) is 25.0 Å². The van der Waals surface area contributed by atoms with E-state index in [1.165, 1.54) is 12.5 Å². The molecule has 0 aliphatic carbocycles. The Morgan fingerprint density at radius 3 is 2.67 bits per heavy atom. The molecule has 0 atom stereocenters. The molecule has 2 amide bonds. The first-order chi connectivity index (χ1) is 16.0. The zero-order valence-electron chi connectivity index (χ0n) is 18.8. The number of aromatic nitrogens is 3. The van der Waals surface area contributed by atoms with Crippen LogP contribution in [0.2, 0.25) is 0 Å². The minimum atomic E-state index is -0.298. The van der Waals surface area contributed by atoms with E-state index in [2.05, 4.69) is 30.3 Å². The van der Waals surface area contributed by atoms with Crippen molar-refractivity contribution in [3.8, 4) is 0 Å². The molecule has 0 saturated heterocycles. The lowest BCUT2D eigenvalue weighted by molar-refractivity contribution is -0.114. The number of hydrogen-bond acceptors (Lipinski definition) is 7. The van der Waals surface area contributed by atoms with Crippen molar-refractivity contribution >= 4 is 17.5 Å². The lowest BCUT2D eigenvalue weighted by Gasteiger charge is -2.20. The molecule has 0 bridgehead atoms. The summed E-state index contributed by atoms with van der Waals surface area (Å²) in [5.41, 5.74) is 1.98. The number of nitrogens with one attached hydrogen (secondary N) is 2. The summed E-state index contributed by atoms with van der Waals surface area (Å²) in [6, 6.07) is 11.3. The molecule has 174 valence electrons. The van der Waals surface area contributed by atoms with Crippen LogP contribution < -0.4 is 10.6 Å². The zero-order chi connectivity index (χ0) is 23.2. The van der Waals surface area contributed by atoms with E-state index in [9.17, 15) is 9.59 Å². The molecule has 10 heteroatoms. The topological polar surface area (TPSA) is 115 Å². The number of furan rings is 1. The number of rotatable bonds is 8. The molecular formula is C23H28N6O4. The average Bonchev–Trinajstić information content (AvgIpc) is 3.37. The van der Waals surface area contributed by atoms with Crippen LogP contribution in [0.5, 0.6) is 0 Å². The summed E-state index contributed by atoms with van der Waals surface area (Å²) >= 11 is 0. The molecule has 2 aromatic heterocycles. The highest BCUT2D eigenvalue weighted by atomic mass is 16.5. The maximum Gasteiger partial charge on any atom is 0.287 e. The first-order valence-electron chi connectivity index (χ1n) is 10.9. The van der Waals surface area contributed by atoms with Gasteiger partial charge in [-0.25, -0.2) is 0 Å². The van der Waals surface area contributed by atoms with Gasteiger partial charge in [0.2, 0.25) is 5.91 Å². The number of anilines is 1. The molecule has 3 aromatic rings. The number of methoxy groups -OCH3 is 1. The first-order valence-corrected chi connectivity index (χ1v) is 10.9. The van der Waals surface area contributed by atoms with Crippen molar-refractivity contribution in [1.29, 1.82) is 0 Å². The van der Waals surface area contributed by atoms with Gasteiger partial charge in [-0.3, -0.25) is 14.5 Å². The smallest absolute Gasteiger partial charge is 0.287 e. The zero-order valence-corrected chi connectivity index (χ0v) is 18.8. The molecule has 0 fully saturated rings. The summed E-state index contributed by atoms with van der Waals surface area (Å²) in [6.07, 6.45) is 0.781. The maximum absolute atomic E-state index is 12.4. The standard InChI is InChI=1S/C23H28N6O4/c1-16(30)25-18-5-3-17(4-6-18)14-28-10-9-21-26-27-22(29(21)12-11-28)13-24-23(31)20-8-7-19(33-20)15-32-2/h3-8H,9-15H2,1-2H3,(H,24,31)(H,25,30). The highest BCUT2D eigenvalue weighted by Crippen LogP contribution is 2.15. The third kappa shape index (κ3) is 5.85. The maximum atomic E-state index is 12.4. The Bertz CT molecular complexity index is 1100. The van der Waals surface area contributed by atoms with Crippen LogP contribution in [0.3, 0.4) is 0 Å². The summed E-state index contributed by atoms with van der Waals surface area (Å²) in [7, 11) is 1.57. The predicted molar refractivity (Wildman–Crippen MR) is 120 cm³/mol. The number of amides is 2. The van der Waals surface area contributed by atoms with Crippen LogP contribution in [0.4, 0.5) is 5.69 Å². The Hall–Kier alpha value is -3.50. The van der Waals surface area contributed by atoms with Crippen molar-refractivity contribution in [2.45, 2.75) is 39.6 Å². The highest BCUT2D eigenvalue weighted by Gasteiger charge is 2.20. The van der Waals surface area contributed by atoms with E-state index in [1.807, 2.05) is 24.3 Å². The van der Waals surface area contributed by atoms with Gasteiger partial charge in [-0.15, -0.1) is 10.2 Å². The second kappa shape index (κ2) is 10.4. The quantitative estimate of drug-likeness (QED) is 0.537. The largest absolute Gasteiger partial charge is 0.453 e. The van der Waals surface area contributed by atoms with E-state index in [-0.39, 0.29) is 24.1 Å². The first kappa shape index (κ1) is 22.7. The fourth-order valence-corrected chi connectivity index (χ4v) is 3.84. The minimum absolute atomic E-state index is 0.0784. The van der Waals surface area contributed by atoms with E-state index in [0.717, 1.165) is 49.9 Å². The van der Waals surface area contributed by atoms with E-state index in [0.29, 0.717) is 12.4 Å². The molecular weight excluding hydrogens is 424 g/mol. The van der Waals surface area contributed by atoms with Crippen molar-refractivity contribution in [2.24, 2.45) is 0 Å². The second-order valence-corrected chi connectivity index (χ2v) is 7.97. The summed E-state index contributed by atoms with van der Waals surface area (Å²) in [5, 5.41) is 14.2. The Kier molecular flexibility index (Phi) is 7.16. The lowest BCUT2D eigenvalue weighted by Crippen LogP contribution is -2.28. The Morgan fingerprint density at radius 1 is 1.09 bits per heavy atom. The minimum Gasteiger partial charge on any atom is -0.453 e. The van der Waals surface area contributed by atoms with Crippen LogP contribution in [0.1, 0.15) is 40.5 Å². The molecule has 1 aromatic carbocycles. The number of benzene rings is 1. The van der Waals surface area contributed by atoms with E-state index in [1.54, 1.807) is 19.2 Å². The number of carbonyl (C=O) groups excluding carboxylic acids is 2. The molecule has 0 spiro atoms. The molecule has 1 aliphatic rings. The van der Waals surface area contributed by atoms with Crippen LogP contribution in [-0.2, 0) is 42.2 Å². The predicted octanol–water partition coefficient (Wildman–Crippen LogP) is 1.96. The number of fused-ring (bicyclic) bond motifs is 1. The molecule has 0 saturated carbocycles. The van der Waals surface area contributed by atoms with Gasteiger partial charge in [0.05, 0.1) is 6.54 Å². The van der Waals surface area contributed by atoms with Crippen molar-refractivity contribution in [3.05, 3.63) is 65.1 Å². The third-order valence-electron chi connectivity index (χ3n) is 5.46. The Labute approximate surface area is 191 Å². The van der Waals surface area contributed by atoms with Crippen LogP contribution in [-0.4, -0.2) is 51.7 Å². The SMILES string of the molecule is COCc1ccc(C(=O)NCc2nnc3n2CCN(Cc2ccc(NC(C)=O)cc2)CC3)o1. The number of carbonyl (C=O) groups is 2. The molecule has 3 heterocycles. The van der Waals surface area contributed by atoms with Gasteiger partial charge in [-0.05, 0) is 29.8 Å². The molecule has 33 heavy (non-hydrogen) atoms. The number of ether oxygens (including phenoxy) is 1. The number of nitrogens with zero attached hydrogens (tertiary/aromatic N) is 4. The molecule has 4 rings (SSSR count). The van der Waals surface area contributed by atoms with Crippen LogP contribution in [0.25, 0.3) is 0 Å². The van der Waals surface area contributed by atoms with Crippen molar-refractivity contribution < 1.29 is 18.7 Å². The Morgan fingerprint density at radius 2 is 1.91 bits per heavy atom. The summed E-state index contributed by atoms with van der Waals surface area (Å²) < 4.78 is 12.6. The van der Waals surface area contributed by atoms with E-state index >= 15 is 0 Å². The van der Waals surface area contributed by atoms with Gasteiger partial charge in [-0.2, -0.15) is 0 Å². The fraction of sp³-hybridized carbons (Fsp3) is 0.391. The van der Waals surface area contributed by atoms with Crippen LogP contribution in [0.15, 0.2) is 40.8 Å². The fourth-order valence-electron chi connectivity index (χ4n) is 3.84. The average molecular weight is 453 g/mol. The lowest BCUT2D eigenvalue weighted by atomic mass is 10.2. The molecule has 2 N–H and O–H groups in total. The summed E-state index contributed by atoms with van der Waals surface area (Å²) in [4.78, 5) is 25.9. The van der Waals surface area contributed by atoms with Crippen LogP contribution >= 0.6 is 0 Å². The van der Waals surface area contributed by atoms with Crippen molar-refractivity contribution in [2.75, 3.05) is 25.5 Å². The highest BCUT2D eigenvalue weighted by molar-refractivity contribution is 5.91. The summed E-state index contributed by atoms with van der Waals surface area (Å²) in [5.74, 6) is 2.11. The van der Waals surface area contributed by atoms with Gasteiger partial charge in [-0.1, -0.05) is 12.1 Å². The van der Waals surface area contributed by atoms with Gasteiger partial charge >= 0.3 is 0 Å². The van der Waals surface area contributed by atoms with Crippen LogP contribution in [0, 0.1) is 0 Å². The van der Waals surface area contributed by atoms with Gasteiger partial charge in [0, 0.05) is 52.3 Å². The normalized spacial score (nSPS) is 13.9. The number of hydrogen-bond donors (Lipinski definition) is 2. The van der Waals surface area contributed by atoms with E-state index in [4.69, 9.17) is 9.15 Å². The monoisotopic (exact) mass is 452 g/mol. The molecule has 0 unspecified atom stereocenters. The molecule has 1 aliphatic heterocycles. The molecule has 10 nitrogen and oxygen atoms in total. The Balaban J connectivity index is 1.31. The van der Waals surface area contributed by atoms with E-state index < -0.39 is 0 Å². The van der Waals surface area contributed by atoms with Gasteiger partial charge in [0.15, 0.2) is 11.6 Å². The van der Waals surface area contributed by atoms with Gasteiger partial charge < -0.3 is 24.4 Å². The van der Waals surface area contributed by atoms with Gasteiger partial charge in [0.1, 0.15) is 18.2 Å². The van der Waals surface area contributed by atoms with Gasteiger partial charge in [0.25, 0.3) is 5.91 Å². The summed E-state index contributed by atoms with van der Waals surface area (Å²) in [6.45, 7) is 5.37. The third-order valence-corrected chi connectivity index (χ3v) is 5.46. The van der Waals surface area contributed by atoms with Crippen molar-refractivity contribution in [3.63, 3.8) is 0 Å². The molecule has 0 radical (unpaired) electrons.